The van der Waals surface area contributed by atoms with Crippen molar-refractivity contribution in [2.24, 2.45) is 4.99 Å². The lowest BCUT2D eigenvalue weighted by Gasteiger charge is -2.12. The number of fused-ring (bicyclic) bond motifs is 1. The van der Waals surface area contributed by atoms with Crippen molar-refractivity contribution in [1.82, 2.24) is 14.5 Å². The van der Waals surface area contributed by atoms with E-state index in [-0.39, 0.29) is 11.6 Å². The van der Waals surface area contributed by atoms with Gasteiger partial charge in [0.2, 0.25) is 5.88 Å². The summed E-state index contributed by atoms with van der Waals surface area (Å²) in [4.78, 5) is 35.1. The van der Waals surface area contributed by atoms with Crippen LogP contribution in [0.15, 0.2) is 69.3 Å². The first-order valence-corrected chi connectivity index (χ1v) is 11.2. The minimum absolute atomic E-state index is 0.0417. The molecule has 1 unspecified atom stereocenters. The molecule has 0 amide bonds. The third-order valence-corrected chi connectivity index (χ3v) is 5.96. The van der Waals surface area contributed by atoms with Gasteiger partial charge in [-0.1, -0.05) is 51.1 Å². The van der Waals surface area contributed by atoms with Crippen molar-refractivity contribution in [2.75, 3.05) is 0 Å². The van der Waals surface area contributed by atoms with Crippen molar-refractivity contribution < 1.29 is 5.11 Å². The van der Waals surface area contributed by atoms with Crippen molar-refractivity contribution in [3.63, 3.8) is 0 Å². The lowest BCUT2D eigenvalue weighted by Crippen LogP contribution is -2.31. The first-order chi connectivity index (χ1) is 15.9. The minimum atomic E-state index is -0.696. The quantitative estimate of drug-likeness (QED) is 0.371. The van der Waals surface area contributed by atoms with Crippen molar-refractivity contribution >= 4 is 17.1 Å². The number of aromatic hydroxyl groups is 1. The number of hydrogen-bond acceptors (Lipinski definition) is 4. The maximum atomic E-state index is 12.5. The molecule has 7 nitrogen and oxygen atoms in total. The summed E-state index contributed by atoms with van der Waals surface area (Å²) in [5.74, 6) is -0.0856. The molecule has 1 atom stereocenters. The highest BCUT2D eigenvalue weighted by Gasteiger charge is 2.16. The van der Waals surface area contributed by atoms with Gasteiger partial charge in [-0.05, 0) is 48.1 Å². The highest BCUT2D eigenvalue weighted by molar-refractivity contribution is 5.84. The average molecular weight is 445 g/mol. The summed E-state index contributed by atoms with van der Waals surface area (Å²) >= 11 is 0. The highest BCUT2D eigenvalue weighted by Crippen LogP contribution is 2.22. The summed E-state index contributed by atoms with van der Waals surface area (Å²) in [6.45, 7) is 6.18. The zero-order valence-electron chi connectivity index (χ0n) is 19.0. The molecule has 0 aliphatic carbocycles. The summed E-state index contributed by atoms with van der Waals surface area (Å²) in [5.41, 5.74) is 2.38. The zero-order chi connectivity index (χ0) is 23.5. The number of benzene rings is 2. The average Bonchev–Trinajstić information content (AvgIpc) is 3.21. The van der Waals surface area contributed by atoms with Crippen molar-refractivity contribution in [2.45, 2.75) is 45.6 Å². The highest BCUT2D eigenvalue weighted by atomic mass is 16.3. The smallest absolute Gasteiger partial charge is 0.335 e. The fourth-order valence-corrected chi connectivity index (χ4v) is 3.94. The largest absolute Gasteiger partial charge is 0.493 e. The van der Waals surface area contributed by atoms with Crippen LogP contribution < -0.4 is 11.2 Å². The monoisotopic (exact) mass is 444 g/mol. The number of nitrogens with zero attached hydrogens (tertiary/aromatic N) is 2. The number of hydrogen-bond donors (Lipinski definition) is 3. The van der Waals surface area contributed by atoms with Gasteiger partial charge in [-0.3, -0.25) is 14.8 Å². The van der Waals surface area contributed by atoms with E-state index in [2.05, 4.69) is 34.9 Å². The molecule has 2 heterocycles. The Hall–Kier alpha value is -3.87. The van der Waals surface area contributed by atoms with Gasteiger partial charge < -0.3 is 10.1 Å². The number of H-pyrrole nitrogens is 2. The lowest BCUT2D eigenvalue weighted by molar-refractivity contribution is 0.430. The van der Waals surface area contributed by atoms with Crippen molar-refractivity contribution in [3.8, 4) is 11.6 Å². The number of aliphatic imine (C=N–C) groups is 1. The standard InChI is InChI=1S/C26H28N4O3/c1-4-19(13-18-14-28-23-8-6-5-7-21(18)23)27-15-22-24(31)29-26(33)30(25(22)32)20-11-9-17(10-12-20)16(2)3/h5-12,14-16,19,28,32H,4,13H2,1-3H3,(H,29,31,33). The predicted octanol–water partition coefficient (Wildman–Crippen LogP) is 4.28. The van der Waals surface area contributed by atoms with E-state index in [1.807, 2.05) is 43.5 Å². The van der Waals surface area contributed by atoms with Gasteiger partial charge in [0.15, 0.2) is 0 Å². The Morgan fingerprint density at radius 3 is 2.52 bits per heavy atom. The third-order valence-electron chi connectivity index (χ3n) is 5.96. The van der Waals surface area contributed by atoms with Gasteiger partial charge in [0.25, 0.3) is 5.56 Å². The summed E-state index contributed by atoms with van der Waals surface area (Å²) < 4.78 is 1.09. The maximum Gasteiger partial charge on any atom is 0.335 e. The lowest BCUT2D eigenvalue weighted by atomic mass is 10.0. The minimum Gasteiger partial charge on any atom is -0.493 e. The van der Waals surface area contributed by atoms with Crippen LogP contribution >= 0.6 is 0 Å². The Morgan fingerprint density at radius 2 is 1.82 bits per heavy atom. The Morgan fingerprint density at radius 1 is 1.09 bits per heavy atom. The zero-order valence-corrected chi connectivity index (χ0v) is 19.0. The second-order valence-corrected chi connectivity index (χ2v) is 8.48. The molecule has 0 saturated heterocycles. The van der Waals surface area contributed by atoms with Crippen LogP contribution in [0.25, 0.3) is 16.6 Å². The van der Waals surface area contributed by atoms with E-state index in [4.69, 9.17) is 0 Å². The number of nitrogens with one attached hydrogen (secondary N) is 2. The summed E-state index contributed by atoms with van der Waals surface area (Å²) in [6, 6.07) is 15.3. The van der Waals surface area contributed by atoms with Crippen molar-refractivity contribution in [3.05, 3.63) is 92.3 Å². The Labute approximate surface area is 191 Å². The first kappa shape index (κ1) is 22.3. The Balaban J connectivity index is 1.66. The van der Waals surface area contributed by atoms with E-state index in [1.165, 1.54) is 6.21 Å². The number of rotatable bonds is 7. The normalized spacial score (nSPS) is 12.7. The summed E-state index contributed by atoms with van der Waals surface area (Å²) in [7, 11) is 0. The Kier molecular flexibility index (Phi) is 6.31. The van der Waals surface area contributed by atoms with Crippen LogP contribution in [0.2, 0.25) is 0 Å². The van der Waals surface area contributed by atoms with E-state index in [0.29, 0.717) is 18.0 Å². The molecule has 0 aliphatic heterocycles. The number of para-hydroxylation sites is 1. The van der Waals surface area contributed by atoms with Gasteiger partial charge in [-0.25, -0.2) is 9.36 Å². The van der Waals surface area contributed by atoms with Gasteiger partial charge in [-0.2, -0.15) is 0 Å². The van der Waals surface area contributed by atoms with Crippen LogP contribution in [-0.2, 0) is 6.42 Å². The molecule has 0 spiro atoms. The molecule has 4 aromatic rings. The van der Waals surface area contributed by atoms with Gasteiger partial charge in [0.1, 0.15) is 5.56 Å². The fourth-order valence-electron chi connectivity index (χ4n) is 3.94. The molecule has 0 bridgehead atoms. The van der Waals surface area contributed by atoms with Gasteiger partial charge >= 0.3 is 5.69 Å². The van der Waals surface area contributed by atoms with E-state index in [0.717, 1.165) is 33.0 Å². The molecule has 7 heteroatoms. The second-order valence-electron chi connectivity index (χ2n) is 8.48. The first-order valence-electron chi connectivity index (χ1n) is 11.2. The third kappa shape index (κ3) is 4.53. The summed E-state index contributed by atoms with van der Waals surface area (Å²) in [6.07, 6.45) is 4.79. The summed E-state index contributed by atoms with van der Waals surface area (Å²) in [5, 5.41) is 12.0. The van der Waals surface area contributed by atoms with E-state index in [1.54, 1.807) is 12.1 Å². The van der Waals surface area contributed by atoms with E-state index < -0.39 is 17.1 Å². The number of aromatic amines is 2. The van der Waals surface area contributed by atoms with Crippen LogP contribution in [-0.4, -0.2) is 31.9 Å². The Bertz CT molecular complexity index is 1410. The van der Waals surface area contributed by atoms with Crippen LogP contribution in [0.5, 0.6) is 5.88 Å². The molecular formula is C26H28N4O3. The second kappa shape index (κ2) is 9.32. The molecular weight excluding hydrogens is 416 g/mol. The van der Waals surface area contributed by atoms with Crippen LogP contribution in [0.4, 0.5) is 0 Å². The van der Waals surface area contributed by atoms with Gasteiger partial charge in [0, 0.05) is 23.3 Å². The molecule has 33 heavy (non-hydrogen) atoms. The molecule has 170 valence electrons. The molecule has 0 saturated carbocycles. The van der Waals surface area contributed by atoms with Gasteiger partial charge in [-0.15, -0.1) is 0 Å². The van der Waals surface area contributed by atoms with E-state index >= 15 is 0 Å². The van der Waals surface area contributed by atoms with Crippen molar-refractivity contribution in [1.29, 1.82) is 0 Å². The predicted molar refractivity (Wildman–Crippen MR) is 132 cm³/mol. The van der Waals surface area contributed by atoms with Gasteiger partial charge in [0.05, 0.1) is 11.7 Å². The van der Waals surface area contributed by atoms with Crippen LogP contribution in [0.3, 0.4) is 0 Å². The molecule has 2 aromatic carbocycles. The molecule has 0 radical (unpaired) electrons. The fraction of sp³-hybridized carbons (Fsp3) is 0.269. The number of aromatic nitrogens is 3. The molecule has 0 fully saturated rings. The van der Waals surface area contributed by atoms with Crippen LogP contribution in [0, 0.1) is 0 Å². The van der Waals surface area contributed by atoms with Crippen LogP contribution in [0.1, 0.15) is 49.8 Å². The molecule has 2 aromatic heterocycles. The molecule has 3 N–H and O–H groups in total. The topological polar surface area (TPSA) is 103 Å². The maximum absolute atomic E-state index is 12.5. The SMILES string of the molecule is CCC(Cc1c[nH]c2ccccc12)N=Cc1c(O)n(-c2ccc(C(C)C)cc2)c(=O)[nH]c1=O. The molecule has 0 aliphatic rings. The molecule has 4 rings (SSSR count). The van der Waals surface area contributed by atoms with E-state index in [9.17, 15) is 14.7 Å².